The number of hydrogen-bond donors (Lipinski definition) is 1. The van der Waals surface area contributed by atoms with Gasteiger partial charge in [0.1, 0.15) is 17.6 Å². The quantitative estimate of drug-likeness (QED) is 0.424. The molecule has 0 saturated heterocycles. The number of aliphatic imine (C=N–C) groups is 2. The number of methoxy groups -OCH3 is 1. The smallest absolute Gasteiger partial charge is 0.259 e. The van der Waals surface area contributed by atoms with E-state index in [0.717, 1.165) is 28.1 Å². The molecule has 0 bridgehead atoms. The number of nitrogens with zero attached hydrogens (tertiary/aromatic N) is 3. The Hall–Kier alpha value is -3.62. The zero-order valence-electron chi connectivity index (χ0n) is 20.2. The van der Waals surface area contributed by atoms with E-state index < -0.39 is 6.04 Å². The van der Waals surface area contributed by atoms with Gasteiger partial charge in [-0.05, 0) is 53.9 Å². The number of halogens is 1. The van der Waals surface area contributed by atoms with Crippen molar-refractivity contribution < 1.29 is 14.3 Å². The molecule has 1 atom stereocenters. The first-order chi connectivity index (χ1) is 18.0. The zero-order chi connectivity index (χ0) is 25.8. The van der Waals surface area contributed by atoms with Gasteiger partial charge in [0, 0.05) is 29.3 Å². The Morgan fingerprint density at radius 3 is 2.54 bits per heavy atom. The lowest BCUT2D eigenvalue weighted by Gasteiger charge is -2.25. The van der Waals surface area contributed by atoms with Crippen LogP contribution < -0.4 is 10.1 Å². The topological polar surface area (TPSA) is 83.4 Å². The summed E-state index contributed by atoms with van der Waals surface area (Å²) in [7, 11) is 1.61. The van der Waals surface area contributed by atoms with Crippen LogP contribution in [0.25, 0.3) is 0 Å². The minimum atomic E-state index is -0.630. The number of carbonyl (C=O) groups is 2. The van der Waals surface area contributed by atoms with Crippen molar-refractivity contribution in [2.24, 2.45) is 9.98 Å². The van der Waals surface area contributed by atoms with E-state index in [2.05, 4.69) is 5.32 Å². The maximum Gasteiger partial charge on any atom is 0.259 e. The predicted molar refractivity (Wildman–Crippen MR) is 148 cm³/mol. The molecule has 5 rings (SSSR count). The molecule has 7 nitrogen and oxygen atoms in total. The minimum Gasteiger partial charge on any atom is -0.497 e. The van der Waals surface area contributed by atoms with Crippen molar-refractivity contribution in [3.63, 3.8) is 0 Å². The molecule has 2 aliphatic heterocycles. The highest BCUT2D eigenvalue weighted by molar-refractivity contribution is 8.13. The fraction of sp³-hybridized carbons (Fsp3) is 0.214. The molecule has 37 heavy (non-hydrogen) atoms. The third kappa shape index (κ3) is 5.70. The number of hydrogen-bond acceptors (Lipinski definition) is 6. The highest BCUT2D eigenvalue weighted by atomic mass is 35.5. The van der Waals surface area contributed by atoms with Crippen LogP contribution in [-0.2, 0) is 21.9 Å². The van der Waals surface area contributed by atoms with Crippen LogP contribution in [0.5, 0.6) is 5.75 Å². The fourth-order valence-corrected chi connectivity index (χ4v) is 5.20. The largest absolute Gasteiger partial charge is 0.497 e. The van der Waals surface area contributed by atoms with E-state index in [-0.39, 0.29) is 18.2 Å². The van der Waals surface area contributed by atoms with E-state index in [0.29, 0.717) is 34.7 Å². The third-order valence-electron chi connectivity index (χ3n) is 6.12. The van der Waals surface area contributed by atoms with E-state index in [1.54, 1.807) is 12.0 Å². The molecule has 1 N–H and O–H groups in total. The van der Waals surface area contributed by atoms with Crippen molar-refractivity contribution in [3.8, 4) is 5.75 Å². The second kappa shape index (κ2) is 11.2. The average Bonchev–Trinajstić information content (AvgIpc) is 3.27. The van der Waals surface area contributed by atoms with Crippen LogP contribution in [0.3, 0.4) is 0 Å². The van der Waals surface area contributed by atoms with Crippen LogP contribution in [0.2, 0.25) is 5.02 Å². The first kappa shape index (κ1) is 25.0. The lowest BCUT2D eigenvalue weighted by molar-refractivity contribution is -0.125. The molecule has 0 aromatic heterocycles. The maximum absolute atomic E-state index is 13.4. The van der Waals surface area contributed by atoms with Gasteiger partial charge in [0.25, 0.3) is 5.91 Å². The van der Waals surface area contributed by atoms with E-state index >= 15 is 0 Å². The molecule has 0 radical (unpaired) electrons. The van der Waals surface area contributed by atoms with Crippen LogP contribution >= 0.6 is 23.4 Å². The minimum absolute atomic E-state index is 0.125. The lowest BCUT2D eigenvalue weighted by Crippen LogP contribution is -2.41. The van der Waals surface area contributed by atoms with Crippen molar-refractivity contribution in [1.82, 2.24) is 10.2 Å². The summed E-state index contributed by atoms with van der Waals surface area (Å²) < 4.78 is 5.16. The van der Waals surface area contributed by atoms with E-state index in [4.69, 9.17) is 26.3 Å². The van der Waals surface area contributed by atoms with Gasteiger partial charge in [0.2, 0.25) is 5.91 Å². The van der Waals surface area contributed by atoms with Crippen LogP contribution in [-0.4, -0.2) is 40.9 Å². The molecular formula is C28H25ClN4O3S. The van der Waals surface area contributed by atoms with Gasteiger partial charge in [0.15, 0.2) is 5.17 Å². The van der Waals surface area contributed by atoms with Crippen molar-refractivity contribution >= 4 is 51.9 Å². The van der Waals surface area contributed by atoms with Crippen molar-refractivity contribution in [1.29, 1.82) is 0 Å². The number of rotatable bonds is 8. The van der Waals surface area contributed by atoms with Gasteiger partial charge in [-0.25, -0.2) is 9.89 Å². The van der Waals surface area contributed by atoms with Gasteiger partial charge < -0.3 is 10.1 Å². The molecule has 2 aliphatic rings. The highest BCUT2D eigenvalue weighted by Gasteiger charge is 2.41. The van der Waals surface area contributed by atoms with Gasteiger partial charge >= 0.3 is 0 Å². The van der Waals surface area contributed by atoms with Crippen molar-refractivity contribution in [3.05, 3.63) is 94.5 Å². The second-order valence-corrected chi connectivity index (χ2v) is 10.0. The Kier molecular flexibility index (Phi) is 7.58. The van der Waals surface area contributed by atoms with Gasteiger partial charge in [-0.2, -0.15) is 0 Å². The molecule has 0 unspecified atom stereocenters. The Labute approximate surface area is 224 Å². The monoisotopic (exact) mass is 532 g/mol. The van der Waals surface area contributed by atoms with Crippen molar-refractivity contribution in [2.45, 2.75) is 31.2 Å². The molecule has 0 aliphatic carbocycles. The number of amides is 2. The standard InChI is InChI=1S/C28H25ClN4O3S/c1-36-21-12-8-18(9-13-21)16-30-25(34)15-14-24-27(35)33-26(31-24)22-4-2-3-5-23(22)32-28(33)37-17-19-6-10-20(29)11-7-19/h2-13,24H,14-17H2,1H3,(H,30,34)/t24-/m0/s1. The predicted octanol–water partition coefficient (Wildman–Crippen LogP) is 5.34. The van der Waals surface area contributed by atoms with Crippen LogP contribution in [0.4, 0.5) is 5.69 Å². The number of ether oxygens (including phenoxy) is 1. The average molecular weight is 533 g/mol. The molecular weight excluding hydrogens is 508 g/mol. The molecule has 188 valence electrons. The maximum atomic E-state index is 13.4. The SMILES string of the molecule is COc1ccc(CNC(=O)CC[C@@H]2N=C3c4ccccc4N=C(SCc4ccc(Cl)cc4)N3C2=O)cc1. The first-order valence-electron chi connectivity index (χ1n) is 11.9. The molecule has 3 aromatic rings. The van der Waals surface area contributed by atoms with Crippen LogP contribution in [0.15, 0.2) is 82.8 Å². The number of amidine groups is 2. The first-order valence-corrected chi connectivity index (χ1v) is 13.2. The van der Waals surface area contributed by atoms with Gasteiger partial charge in [-0.1, -0.05) is 59.8 Å². The zero-order valence-corrected chi connectivity index (χ0v) is 21.8. The summed E-state index contributed by atoms with van der Waals surface area (Å²) in [5.41, 5.74) is 3.64. The summed E-state index contributed by atoms with van der Waals surface area (Å²) in [6, 6.07) is 22.2. The van der Waals surface area contributed by atoms with Gasteiger partial charge in [-0.15, -0.1) is 0 Å². The summed E-state index contributed by atoms with van der Waals surface area (Å²) in [6.45, 7) is 0.410. The third-order valence-corrected chi connectivity index (χ3v) is 7.38. The summed E-state index contributed by atoms with van der Waals surface area (Å²) in [5.74, 6) is 1.71. The summed E-state index contributed by atoms with van der Waals surface area (Å²) >= 11 is 7.48. The van der Waals surface area contributed by atoms with Crippen molar-refractivity contribution in [2.75, 3.05) is 7.11 Å². The fourth-order valence-electron chi connectivity index (χ4n) is 4.12. The lowest BCUT2D eigenvalue weighted by atomic mass is 10.1. The molecule has 0 fully saturated rings. The Morgan fingerprint density at radius 1 is 1.05 bits per heavy atom. The summed E-state index contributed by atoms with van der Waals surface area (Å²) in [6.07, 6.45) is 0.522. The van der Waals surface area contributed by atoms with E-state index in [1.807, 2.05) is 72.8 Å². The number of thioether (sulfide) groups is 1. The van der Waals surface area contributed by atoms with E-state index in [1.165, 1.54) is 11.8 Å². The number of nitrogens with one attached hydrogen (secondary N) is 1. The number of para-hydroxylation sites is 1. The number of carbonyl (C=O) groups excluding carboxylic acids is 2. The summed E-state index contributed by atoms with van der Waals surface area (Å²) in [4.78, 5) is 37.1. The normalized spacial score (nSPS) is 16.0. The Morgan fingerprint density at radius 2 is 1.78 bits per heavy atom. The highest BCUT2D eigenvalue weighted by Crippen LogP contribution is 2.35. The molecule has 0 spiro atoms. The van der Waals surface area contributed by atoms with Gasteiger partial charge in [0.05, 0.1) is 12.8 Å². The van der Waals surface area contributed by atoms with E-state index in [9.17, 15) is 9.59 Å². The molecule has 2 heterocycles. The number of fused-ring (bicyclic) bond motifs is 3. The number of benzene rings is 3. The molecule has 9 heteroatoms. The molecule has 0 saturated carbocycles. The molecule has 3 aromatic carbocycles. The van der Waals surface area contributed by atoms with Crippen LogP contribution in [0.1, 0.15) is 29.5 Å². The Balaban J connectivity index is 1.25. The second-order valence-electron chi connectivity index (χ2n) is 8.63. The molecule has 2 amide bonds. The van der Waals surface area contributed by atoms with Crippen LogP contribution in [0, 0.1) is 0 Å². The van der Waals surface area contributed by atoms with Gasteiger partial charge in [-0.3, -0.25) is 14.6 Å². The Bertz CT molecular complexity index is 1370. The summed E-state index contributed by atoms with van der Waals surface area (Å²) in [5, 5.41) is 4.18.